The number of aryl methyl sites for hydroxylation is 1. The van der Waals surface area contributed by atoms with Crippen molar-refractivity contribution >= 4 is 17.2 Å². The number of aromatic nitrogens is 2. The number of imidazole rings is 1. The van der Waals surface area contributed by atoms with Crippen molar-refractivity contribution in [3.8, 4) is 5.75 Å². The van der Waals surface area contributed by atoms with Gasteiger partial charge < -0.3 is 9.15 Å². The lowest BCUT2D eigenvalue weighted by molar-refractivity contribution is -0.696. The molecule has 0 bridgehead atoms. The van der Waals surface area contributed by atoms with E-state index in [0.717, 1.165) is 36.9 Å². The molecule has 0 unspecified atom stereocenters. The normalized spacial score (nSPS) is 10.9. The number of fused-ring (bicyclic) bond motifs is 1. The zero-order valence-electron chi connectivity index (χ0n) is 14.3. The van der Waals surface area contributed by atoms with Crippen molar-refractivity contribution in [3.05, 3.63) is 66.1 Å². The third kappa shape index (κ3) is 4.83. The fraction of sp³-hybridized carbons (Fsp3) is 0.300. The van der Waals surface area contributed by atoms with Gasteiger partial charge >= 0.3 is 5.63 Å². The van der Waals surface area contributed by atoms with Gasteiger partial charge in [-0.2, -0.15) is 0 Å². The summed E-state index contributed by atoms with van der Waals surface area (Å²) in [6, 6.07) is 8.76. The quantitative estimate of drug-likeness (QED) is 0.340. The van der Waals surface area contributed by atoms with Crippen LogP contribution in [0.3, 0.4) is 0 Å². The maximum atomic E-state index is 11.3. The van der Waals surface area contributed by atoms with Gasteiger partial charge in [-0.15, -0.1) is 0 Å². The number of hydrogen-bond acceptors (Lipinski definition) is 3. The molecule has 0 saturated carbocycles. The van der Waals surface area contributed by atoms with E-state index >= 15 is 0 Å². The second kappa shape index (κ2) is 8.33. The van der Waals surface area contributed by atoms with E-state index in [1.807, 2.05) is 29.2 Å². The van der Waals surface area contributed by atoms with E-state index in [2.05, 4.69) is 17.3 Å². The van der Waals surface area contributed by atoms with Crippen molar-refractivity contribution < 1.29 is 13.7 Å². The molecule has 1 aromatic carbocycles. The Balaban J connectivity index is 1.35. The molecular formula is C20H23N2O3+. The lowest BCUT2D eigenvalue weighted by Crippen LogP contribution is -2.30. The molecule has 0 aliphatic rings. The lowest BCUT2D eigenvalue weighted by Gasteiger charge is -2.06. The first kappa shape index (κ1) is 17.0. The first-order valence-corrected chi connectivity index (χ1v) is 8.60. The van der Waals surface area contributed by atoms with Gasteiger partial charge in [-0.05, 0) is 43.9 Å². The molecule has 0 saturated heterocycles. The van der Waals surface area contributed by atoms with Gasteiger partial charge in [-0.25, -0.2) is 13.9 Å². The molecule has 0 radical (unpaired) electrons. The maximum absolute atomic E-state index is 11.3. The average Bonchev–Trinajstić information content (AvgIpc) is 3.08. The van der Waals surface area contributed by atoms with Crippen LogP contribution in [-0.2, 0) is 6.54 Å². The standard InChI is InChI=1S/C20H23N2O3/c1-2-21-12-13-22(16-21)11-5-3-4-6-14-24-18-9-7-17-8-10-20(23)25-19(17)15-18/h2,7-10,12-13,15-16H,1,3-6,11,14H2/q+1. The van der Waals surface area contributed by atoms with E-state index in [0.29, 0.717) is 12.2 Å². The van der Waals surface area contributed by atoms with Crippen LogP contribution in [-0.4, -0.2) is 11.2 Å². The monoisotopic (exact) mass is 339 g/mol. The highest BCUT2D eigenvalue weighted by molar-refractivity contribution is 5.77. The first-order valence-electron chi connectivity index (χ1n) is 8.60. The highest BCUT2D eigenvalue weighted by atomic mass is 16.5. The average molecular weight is 339 g/mol. The number of nitrogens with zero attached hydrogens (tertiary/aromatic N) is 2. The summed E-state index contributed by atoms with van der Waals surface area (Å²) >= 11 is 0. The minimum Gasteiger partial charge on any atom is -0.493 e. The Morgan fingerprint density at radius 2 is 2.00 bits per heavy atom. The number of ether oxygens (including phenoxy) is 1. The summed E-state index contributed by atoms with van der Waals surface area (Å²) in [7, 11) is 0. The van der Waals surface area contributed by atoms with Crippen LogP contribution in [0.2, 0.25) is 0 Å². The van der Waals surface area contributed by atoms with Gasteiger partial charge in [-0.1, -0.05) is 6.58 Å². The second-order valence-corrected chi connectivity index (χ2v) is 6.00. The van der Waals surface area contributed by atoms with Crippen LogP contribution in [0.5, 0.6) is 5.75 Å². The molecule has 2 heterocycles. The Hall–Kier alpha value is -2.82. The molecule has 0 fully saturated rings. The molecule has 0 atom stereocenters. The van der Waals surface area contributed by atoms with E-state index in [4.69, 9.17) is 9.15 Å². The Labute approximate surface area is 146 Å². The fourth-order valence-electron chi connectivity index (χ4n) is 2.72. The summed E-state index contributed by atoms with van der Waals surface area (Å²) in [4.78, 5) is 11.3. The molecule has 3 aromatic rings. The number of unbranched alkanes of at least 4 members (excludes halogenated alkanes) is 3. The van der Waals surface area contributed by atoms with Gasteiger partial charge in [-0.3, -0.25) is 0 Å². The number of hydrogen-bond donors (Lipinski definition) is 0. The summed E-state index contributed by atoms with van der Waals surface area (Å²) in [6.45, 7) is 5.42. The topological polar surface area (TPSA) is 48.2 Å². The van der Waals surface area contributed by atoms with Crippen LogP contribution in [0.1, 0.15) is 25.7 Å². The lowest BCUT2D eigenvalue weighted by atomic mass is 10.2. The minimum atomic E-state index is -0.342. The summed E-state index contributed by atoms with van der Waals surface area (Å²) in [6.07, 6.45) is 12.3. The molecule has 2 aromatic heterocycles. The molecule has 0 spiro atoms. The Morgan fingerprint density at radius 3 is 2.84 bits per heavy atom. The molecule has 0 aliphatic carbocycles. The summed E-state index contributed by atoms with van der Waals surface area (Å²) in [5, 5.41) is 0.898. The SMILES string of the molecule is C=Cn1cc[n+](CCCCCCOc2ccc3ccc(=O)oc3c2)c1. The predicted octanol–water partition coefficient (Wildman–Crippen LogP) is 3.62. The molecule has 5 heteroatoms. The Bertz CT molecular complexity index is 895. The van der Waals surface area contributed by atoms with Gasteiger partial charge in [0, 0.05) is 17.5 Å². The largest absolute Gasteiger partial charge is 0.493 e. The van der Waals surface area contributed by atoms with Crippen molar-refractivity contribution in [1.82, 2.24) is 4.57 Å². The van der Waals surface area contributed by atoms with E-state index in [9.17, 15) is 4.79 Å². The van der Waals surface area contributed by atoms with Gasteiger partial charge in [0.2, 0.25) is 6.33 Å². The van der Waals surface area contributed by atoms with Gasteiger partial charge in [0.05, 0.1) is 19.4 Å². The van der Waals surface area contributed by atoms with Crippen LogP contribution >= 0.6 is 0 Å². The molecule has 5 nitrogen and oxygen atoms in total. The second-order valence-electron chi connectivity index (χ2n) is 6.00. The Morgan fingerprint density at radius 1 is 1.16 bits per heavy atom. The van der Waals surface area contributed by atoms with Crippen LogP contribution in [0.15, 0.2) is 64.8 Å². The predicted molar refractivity (Wildman–Crippen MR) is 97.5 cm³/mol. The third-order valence-electron chi connectivity index (χ3n) is 4.10. The molecule has 0 aliphatic heterocycles. The molecule has 130 valence electrons. The van der Waals surface area contributed by atoms with Crippen LogP contribution < -0.4 is 14.9 Å². The van der Waals surface area contributed by atoms with Gasteiger partial charge in [0.25, 0.3) is 0 Å². The number of rotatable bonds is 9. The van der Waals surface area contributed by atoms with Gasteiger partial charge in [0.15, 0.2) is 0 Å². The summed E-state index contributed by atoms with van der Waals surface area (Å²) in [5.41, 5.74) is 0.222. The van der Waals surface area contributed by atoms with Gasteiger partial charge in [0.1, 0.15) is 23.7 Å². The zero-order chi connectivity index (χ0) is 17.5. The fourth-order valence-corrected chi connectivity index (χ4v) is 2.72. The van der Waals surface area contributed by atoms with Crippen LogP contribution in [0.25, 0.3) is 17.2 Å². The van der Waals surface area contributed by atoms with E-state index in [1.165, 1.54) is 12.5 Å². The van der Waals surface area contributed by atoms with Crippen LogP contribution in [0.4, 0.5) is 0 Å². The zero-order valence-corrected chi connectivity index (χ0v) is 14.3. The highest BCUT2D eigenvalue weighted by Gasteiger charge is 2.02. The Kier molecular flexibility index (Phi) is 5.67. The molecule has 0 amide bonds. The highest BCUT2D eigenvalue weighted by Crippen LogP contribution is 2.19. The first-order chi connectivity index (χ1) is 12.2. The number of benzene rings is 1. The smallest absolute Gasteiger partial charge is 0.336 e. The van der Waals surface area contributed by atoms with E-state index in [1.54, 1.807) is 18.3 Å². The molecular weight excluding hydrogens is 316 g/mol. The maximum Gasteiger partial charge on any atom is 0.336 e. The molecule has 25 heavy (non-hydrogen) atoms. The van der Waals surface area contributed by atoms with Crippen LogP contribution in [0, 0.1) is 0 Å². The van der Waals surface area contributed by atoms with E-state index in [-0.39, 0.29) is 5.63 Å². The third-order valence-corrected chi connectivity index (χ3v) is 4.10. The molecule has 0 N–H and O–H groups in total. The minimum absolute atomic E-state index is 0.342. The van der Waals surface area contributed by atoms with Crippen molar-refractivity contribution in [2.75, 3.05) is 6.61 Å². The van der Waals surface area contributed by atoms with Crippen molar-refractivity contribution in [2.45, 2.75) is 32.2 Å². The van der Waals surface area contributed by atoms with Crippen molar-refractivity contribution in [2.24, 2.45) is 0 Å². The van der Waals surface area contributed by atoms with Crippen molar-refractivity contribution in [1.29, 1.82) is 0 Å². The molecule has 3 rings (SSSR count). The summed E-state index contributed by atoms with van der Waals surface area (Å²) < 4.78 is 15.0. The summed E-state index contributed by atoms with van der Waals surface area (Å²) in [5.74, 6) is 0.739. The van der Waals surface area contributed by atoms with E-state index < -0.39 is 0 Å². The van der Waals surface area contributed by atoms with Crippen molar-refractivity contribution in [3.63, 3.8) is 0 Å².